The molecule has 1 saturated heterocycles. The summed E-state index contributed by atoms with van der Waals surface area (Å²) < 4.78 is 4.93. The summed E-state index contributed by atoms with van der Waals surface area (Å²) in [5.41, 5.74) is 4.47. The summed E-state index contributed by atoms with van der Waals surface area (Å²) in [6.45, 7) is 6.67. The third-order valence-electron chi connectivity index (χ3n) is 7.97. The van der Waals surface area contributed by atoms with Gasteiger partial charge >= 0.3 is 59.1 Å². The minimum absolute atomic E-state index is 0. The number of rotatable bonds is 8. The molecule has 38 heavy (non-hydrogen) atoms. The number of anilines is 2. The SMILES string of the molecule is Cc1ccc(CNc2nc(N3CCC4(CC4)C3)ncc2C(=O)NC2CCC(OP([O-])[O-])CC2)cc1C.[Na+].[Na+]. The van der Waals surface area contributed by atoms with Gasteiger partial charge in [0.25, 0.3) is 5.91 Å². The molecule has 9 nitrogen and oxygen atoms in total. The van der Waals surface area contributed by atoms with E-state index in [-0.39, 0.29) is 77.2 Å². The van der Waals surface area contributed by atoms with Gasteiger partial charge in [-0.3, -0.25) is 4.79 Å². The van der Waals surface area contributed by atoms with Crippen molar-refractivity contribution in [2.75, 3.05) is 23.3 Å². The van der Waals surface area contributed by atoms with E-state index in [4.69, 9.17) is 9.51 Å². The molecule has 5 rings (SSSR count). The van der Waals surface area contributed by atoms with Crippen molar-refractivity contribution in [2.24, 2.45) is 5.41 Å². The van der Waals surface area contributed by atoms with Gasteiger partial charge in [-0.15, -0.1) is 0 Å². The molecule has 3 fully saturated rings. The maximum Gasteiger partial charge on any atom is 1.00 e. The number of carbonyl (C=O) groups is 1. The van der Waals surface area contributed by atoms with Crippen LogP contribution in [0.1, 0.15) is 72.0 Å². The summed E-state index contributed by atoms with van der Waals surface area (Å²) in [6, 6.07) is 6.30. The third kappa shape index (κ3) is 8.12. The van der Waals surface area contributed by atoms with Crippen molar-refractivity contribution >= 4 is 26.3 Å². The monoisotopic (exact) mass is 557 g/mol. The summed E-state index contributed by atoms with van der Waals surface area (Å²) in [5, 5.41) is 6.49. The molecular formula is C26H34N5Na2O4P. The fraction of sp³-hybridized carbons (Fsp3) is 0.577. The molecular weight excluding hydrogens is 523 g/mol. The topological polar surface area (TPSA) is 126 Å². The fourth-order valence-corrected chi connectivity index (χ4v) is 5.77. The standard InChI is InChI=1S/C26H34N5O4P.2Na/c1-17-3-4-19(13-18(17)2)14-27-23-22(15-28-25(30-23)31-12-11-26(16-31)9-10-26)24(32)29-20-5-7-21(8-6-20)35-36(33)34;;/h3-4,13,15,20-21H,5-12,14,16H2,1-2H3,(H,29,32)(H,27,28,30);;/q-2;2*+1. The normalized spacial score (nSPS) is 21.6. The molecule has 3 aliphatic rings. The van der Waals surface area contributed by atoms with Crippen molar-refractivity contribution < 1.29 is 78.2 Å². The van der Waals surface area contributed by atoms with Crippen LogP contribution in [0.2, 0.25) is 0 Å². The van der Waals surface area contributed by atoms with Gasteiger partial charge in [0.05, 0.1) is 6.10 Å². The molecule has 2 aliphatic carbocycles. The molecule has 12 heteroatoms. The van der Waals surface area contributed by atoms with E-state index < -0.39 is 8.60 Å². The van der Waals surface area contributed by atoms with Crippen LogP contribution in [0, 0.1) is 19.3 Å². The second-order valence-electron chi connectivity index (χ2n) is 10.7. The maximum absolute atomic E-state index is 13.3. The van der Waals surface area contributed by atoms with Gasteiger partial charge in [-0.05, 0) is 80.9 Å². The first-order chi connectivity index (χ1) is 17.3. The van der Waals surface area contributed by atoms with Gasteiger partial charge in [-0.1, -0.05) is 18.2 Å². The third-order valence-corrected chi connectivity index (χ3v) is 8.45. The number of nitrogens with one attached hydrogen (secondary N) is 2. The molecule has 1 aromatic carbocycles. The minimum atomic E-state index is -2.85. The van der Waals surface area contributed by atoms with E-state index in [1.165, 1.54) is 30.4 Å². The number of carbonyl (C=O) groups excluding carboxylic acids is 1. The van der Waals surface area contributed by atoms with Crippen LogP contribution < -0.4 is 84.4 Å². The Morgan fingerprint density at radius 1 is 1.13 bits per heavy atom. The van der Waals surface area contributed by atoms with Gasteiger partial charge in [0, 0.05) is 31.9 Å². The Bertz CT molecular complexity index is 1110. The Kier molecular flexibility index (Phi) is 11.9. The first-order valence-electron chi connectivity index (χ1n) is 12.8. The van der Waals surface area contributed by atoms with Gasteiger partial charge in [-0.2, -0.15) is 13.6 Å². The first kappa shape index (κ1) is 32.2. The second-order valence-corrected chi connectivity index (χ2v) is 11.3. The van der Waals surface area contributed by atoms with Crippen molar-refractivity contribution in [2.45, 2.75) is 77.5 Å². The van der Waals surface area contributed by atoms with Crippen LogP contribution in [0.5, 0.6) is 0 Å². The fourth-order valence-electron chi connectivity index (χ4n) is 5.31. The number of hydrogen-bond donors (Lipinski definition) is 2. The minimum Gasteiger partial charge on any atom is -0.820 e. The first-order valence-corrected chi connectivity index (χ1v) is 13.9. The maximum atomic E-state index is 13.3. The van der Waals surface area contributed by atoms with E-state index >= 15 is 0 Å². The van der Waals surface area contributed by atoms with E-state index in [0.717, 1.165) is 18.7 Å². The molecule has 0 bridgehead atoms. The Morgan fingerprint density at radius 2 is 1.87 bits per heavy atom. The zero-order valence-electron chi connectivity index (χ0n) is 23.0. The van der Waals surface area contributed by atoms with Crippen molar-refractivity contribution in [1.82, 2.24) is 15.3 Å². The molecule has 2 saturated carbocycles. The van der Waals surface area contributed by atoms with E-state index in [1.807, 2.05) is 0 Å². The summed E-state index contributed by atoms with van der Waals surface area (Å²) >= 11 is 0. The number of nitrogens with zero attached hydrogens (tertiary/aromatic N) is 3. The molecule has 0 unspecified atom stereocenters. The molecule has 2 N–H and O–H groups in total. The smallest absolute Gasteiger partial charge is 0.820 e. The average molecular weight is 558 g/mol. The molecule has 2 heterocycles. The van der Waals surface area contributed by atoms with Crippen molar-refractivity contribution in [3.8, 4) is 0 Å². The van der Waals surface area contributed by atoms with Crippen molar-refractivity contribution in [1.29, 1.82) is 0 Å². The Labute approximate surface area is 270 Å². The predicted octanol–water partition coefficient (Wildman–Crippen LogP) is -3.29. The summed E-state index contributed by atoms with van der Waals surface area (Å²) in [6.07, 6.45) is 7.59. The zero-order valence-corrected chi connectivity index (χ0v) is 27.9. The van der Waals surface area contributed by atoms with E-state index in [0.29, 0.717) is 55.0 Å². The summed E-state index contributed by atoms with van der Waals surface area (Å²) in [5.74, 6) is 0.985. The van der Waals surface area contributed by atoms with Gasteiger partial charge in [0.15, 0.2) is 0 Å². The zero-order chi connectivity index (χ0) is 25.3. The molecule has 0 radical (unpaired) electrons. The van der Waals surface area contributed by atoms with Gasteiger partial charge in [0.2, 0.25) is 5.95 Å². The number of benzene rings is 1. The number of amides is 1. The number of hydrogen-bond acceptors (Lipinski definition) is 8. The van der Waals surface area contributed by atoms with E-state index in [9.17, 15) is 14.6 Å². The van der Waals surface area contributed by atoms with Gasteiger partial charge in [0.1, 0.15) is 11.4 Å². The van der Waals surface area contributed by atoms with Crippen LogP contribution in [0.15, 0.2) is 24.4 Å². The van der Waals surface area contributed by atoms with Gasteiger partial charge in [-0.25, -0.2) is 4.98 Å². The summed E-state index contributed by atoms with van der Waals surface area (Å²) in [4.78, 5) is 46.6. The predicted molar refractivity (Wildman–Crippen MR) is 135 cm³/mol. The van der Waals surface area contributed by atoms with Crippen LogP contribution in [0.25, 0.3) is 0 Å². The molecule has 1 amide bonds. The Balaban J connectivity index is 0.00000200. The summed E-state index contributed by atoms with van der Waals surface area (Å²) in [7, 11) is -2.85. The quantitative estimate of drug-likeness (QED) is 0.256. The average Bonchev–Trinajstić information content (AvgIpc) is 3.48. The molecule has 0 atom stereocenters. The molecule has 194 valence electrons. The van der Waals surface area contributed by atoms with E-state index in [1.54, 1.807) is 6.20 Å². The van der Waals surface area contributed by atoms with Crippen LogP contribution in [0.3, 0.4) is 0 Å². The molecule has 1 aromatic heterocycles. The second kappa shape index (κ2) is 14.0. The van der Waals surface area contributed by atoms with Crippen LogP contribution in [-0.4, -0.2) is 41.1 Å². The largest absolute Gasteiger partial charge is 1.00 e. The number of aromatic nitrogens is 2. The van der Waals surface area contributed by atoms with Crippen LogP contribution in [0.4, 0.5) is 11.8 Å². The van der Waals surface area contributed by atoms with Crippen molar-refractivity contribution in [3.63, 3.8) is 0 Å². The molecule has 2 aromatic rings. The van der Waals surface area contributed by atoms with Crippen molar-refractivity contribution in [3.05, 3.63) is 46.6 Å². The molecule has 1 aliphatic heterocycles. The van der Waals surface area contributed by atoms with Gasteiger partial charge < -0.3 is 29.8 Å². The van der Waals surface area contributed by atoms with Crippen LogP contribution in [-0.2, 0) is 11.1 Å². The molecule has 1 spiro atoms. The van der Waals surface area contributed by atoms with E-state index in [2.05, 4.69) is 52.6 Å². The van der Waals surface area contributed by atoms with Crippen LogP contribution >= 0.6 is 8.60 Å². The Morgan fingerprint density at radius 3 is 2.50 bits per heavy atom. The Hall–Kier alpha value is -0.320. The number of aryl methyl sites for hydroxylation is 2.